The Hall–Kier alpha value is -2.40. The van der Waals surface area contributed by atoms with E-state index in [1.165, 1.54) is 0 Å². The molecule has 0 spiro atoms. The second-order valence-electron chi connectivity index (χ2n) is 6.10. The molecule has 0 bridgehead atoms. The van der Waals surface area contributed by atoms with Gasteiger partial charge in [-0.15, -0.1) is 0 Å². The number of carbonyl (C=O) groups excluding carboxylic acids is 1. The van der Waals surface area contributed by atoms with E-state index in [4.69, 9.17) is 0 Å². The van der Waals surface area contributed by atoms with Crippen LogP contribution in [0.4, 0.5) is 11.5 Å². The largest absolute Gasteiger partial charge is 0.354 e. The quantitative estimate of drug-likeness (QED) is 0.939. The summed E-state index contributed by atoms with van der Waals surface area (Å²) >= 11 is 0. The molecule has 0 saturated carbocycles. The molecule has 1 aliphatic rings. The maximum absolute atomic E-state index is 12.3. The van der Waals surface area contributed by atoms with Crippen LogP contribution in [0.15, 0.2) is 42.6 Å². The Kier molecular flexibility index (Phi) is 5.11. The van der Waals surface area contributed by atoms with Gasteiger partial charge in [0, 0.05) is 31.7 Å². The van der Waals surface area contributed by atoms with Crippen molar-refractivity contribution >= 4 is 17.4 Å². The number of hydrogen-bond acceptors (Lipinski definition) is 4. The normalized spacial score (nSPS) is 15.3. The highest BCUT2D eigenvalue weighted by Gasteiger charge is 2.16. The van der Waals surface area contributed by atoms with Crippen LogP contribution in [-0.4, -0.2) is 48.5 Å². The van der Waals surface area contributed by atoms with E-state index in [0.29, 0.717) is 5.56 Å². The van der Waals surface area contributed by atoms with Crippen molar-refractivity contribution in [3.63, 3.8) is 0 Å². The molecule has 126 valence electrons. The van der Waals surface area contributed by atoms with Gasteiger partial charge >= 0.3 is 0 Å². The maximum Gasteiger partial charge on any atom is 0.255 e. The minimum absolute atomic E-state index is 0.0980. The molecule has 0 aliphatic carbocycles. The highest BCUT2D eigenvalue weighted by atomic mass is 16.1. The standard InChI is InChI=1S/C19H24N4O/c1-3-22-10-12-23(13-11-22)18-9-8-16(14-20-18)21-19(24)17-7-5-4-6-15(17)2/h4-9,14H,3,10-13H2,1-2H3,(H,21,24). The minimum Gasteiger partial charge on any atom is -0.354 e. The Morgan fingerprint density at radius 2 is 1.88 bits per heavy atom. The lowest BCUT2D eigenvalue weighted by Gasteiger charge is -2.34. The second kappa shape index (κ2) is 7.45. The molecule has 0 unspecified atom stereocenters. The highest BCUT2D eigenvalue weighted by Crippen LogP contribution is 2.17. The van der Waals surface area contributed by atoms with E-state index >= 15 is 0 Å². The molecule has 1 saturated heterocycles. The van der Waals surface area contributed by atoms with Crippen molar-refractivity contribution in [1.29, 1.82) is 0 Å². The van der Waals surface area contributed by atoms with Gasteiger partial charge in [-0.05, 0) is 37.2 Å². The summed E-state index contributed by atoms with van der Waals surface area (Å²) in [5.41, 5.74) is 2.38. The number of nitrogens with zero attached hydrogens (tertiary/aromatic N) is 3. The van der Waals surface area contributed by atoms with Gasteiger partial charge in [0.1, 0.15) is 5.82 Å². The first-order valence-corrected chi connectivity index (χ1v) is 8.47. The highest BCUT2D eigenvalue weighted by molar-refractivity contribution is 6.05. The molecule has 1 aromatic heterocycles. The number of carbonyl (C=O) groups is 1. The van der Waals surface area contributed by atoms with Crippen molar-refractivity contribution in [2.24, 2.45) is 0 Å². The van der Waals surface area contributed by atoms with Gasteiger partial charge in [-0.1, -0.05) is 25.1 Å². The number of pyridine rings is 1. The molecular weight excluding hydrogens is 300 g/mol. The van der Waals surface area contributed by atoms with Crippen molar-refractivity contribution in [3.05, 3.63) is 53.7 Å². The number of aryl methyl sites for hydroxylation is 1. The lowest BCUT2D eigenvalue weighted by Crippen LogP contribution is -2.46. The zero-order chi connectivity index (χ0) is 16.9. The summed E-state index contributed by atoms with van der Waals surface area (Å²) in [5, 5.41) is 2.92. The minimum atomic E-state index is -0.0980. The summed E-state index contributed by atoms with van der Waals surface area (Å²) in [6.45, 7) is 9.37. The smallest absolute Gasteiger partial charge is 0.255 e. The first-order valence-electron chi connectivity index (χ1n) is 8.47. The van der Waals surface area contributed by atoms with Crippen molar-refractivity contribution in [3.8, 4) is 0 Å². The molecule has 24 heavy (non-hydrogen) atoms. The summed E-state index contributed by atoms with van der Waals surface area (Å²) in [4.78, 5) is 21.6. The third-order valence-corrected chi connectivity index (χ3v) is 4.54. The van der Waals surface area contributed by atoms with Gasteiger partial charge in [-0.3, -0.25) is 4.79 Å². The number of anilines is 2. The fourth-order valence-corrected chi connectivity index (χ4v) is 2.97. The molecule has 1 aromatic carbocycles. The molecule has 3 rings (SSSR count). The van der Waals surface area contributed by atoms with E-state index in [1.807, 2.05) is 43.3 Å². The predicted octanol–water partition coefficient (Wildman–Crippen LogP) is 2.78. The first-order chi connectivity index (χ1) is 11.7. The molecule has 5 nitrogen and oxygen atoms in total. The molecule has 1 aliphatic heterocycles. The summed E-state index contributed by atoms with van der Waals surface area (Å²) in [5.74, 6) is 0.874. The number of piperazine rings is 1. The Labute approximate surface area is 143 Å². The van der Waals surface area contributed by atoms with Crippen molar-refractivity contribution in [1.82, 2.24) is 9.88 Å². The van der Waals surface area contributed by atoms with Crippen molar-refractivity contribution < 1.29 is 4.79 Å². The van der Waals surface area contributed by atoms with Crippen LogP contribution in [0.2, 0.25) is 0 Å². The fraction of sp³-hybridized carbons (Fsp3) is 0.368. The lowest BCUT2D eigenvalue weighted by molar-refractivity contribution is 0.102. The van der Waals surface area contributed by atoms with Crippen molar-refractivity contribution in [2.45, 2.75) is 13.8 Å². The maximum atomic E-state index is 12.3. The summed E-state index contributed by atoms with van der Waals surface area (Å²) in [6.07, 6.45) is 1.73. The van der Waals surface area contributed by atoms with Gasteiger partial charge in [-0.2, -0.15) is 0 Å². The van der Waals surface area contributed by atoms with Crippen LogP contribution in [0.3, 0.4) is 0 Å². The summed E-state index contributed by atoms with van der Waals surface area (Å²) < 4.78 is 0. The Morgan fingerprint density at radius 1 is 1.12 bits per heavy atom. The Bertz CT molecular complexity index is 691. The topological polar surface area (TPSA) is 48.5 Å². The number of aromatic nitrogens is 1. The van der Waals surface area contributed by atoms with Gasteiger partial charge in [-0.25, -0.2) is 4.98 Å². The number of hydrogen-bond donors (Lipinski definition) is 1. The molecule has 0 radical (unpaired) electrons. The van der Waals surface area contributed by atoms with Crippen molar-refractivity contribution in [2.75, 3.05) is 42.9 Å². The number of nitrogens with one attached hydrogen (secondary N) is 1. The van der Waals surface area contributed by atoms with Gasteiger partial charge in [0.05, 0.1) is 11.9 Å². The van der Waals surface area contributed by atoms with E-state index < -0.39 is 0 Å². The third kappa shape index (κ3) is 3.74. The van der Waals surface area contributed by atoms with E-state index in [2.05, 4.69) is 27.0 Å². The first kappa shape index (κ1) is 16.5. The van der Waals surface area contributed by atoms with Crippen LogP contribution >= 0.6 is 0 Å². The van der Waals surface area contributed by atoms with Gasteiger partial charge in [0.2, 0.25) is 0 Å². The van der Waals surface area contributed by atoms with Crippen LogP contribution in [0, 0.1) is 6.92 Å². The van der Waals surface area contributed by atoms with Crippen LogP contribution < -0.4 is 10.2 Å². The van der Waals surface area contributed by atoms with Gasteiger partial charge in [0.25, 0.3) is 5.91 Å². The molecule has 2 aromatic rings. The van der Waals surface area contributed by atoms with Crippen LogP contribution in [0.25, 0.3) is 0 Å². The van der Waals surface area contributed by atoms with Crippen LogP contribution in [0.1, 0.15) is 22.8 Å². The third-order valence-electron chi connectivity index (χ3n) is 4.54. The SMILES string of the molecule is CCN1CCN(c2ccc(NC(=O)c3ccccc3C)cn2)CC1. The van der Waals surface area contributed by atoms with E-state index in [1.54, 1.807) is 6.20 Å². The Morgan fingerprint density at radius 3 is 2.50 bits per heavy atom. The van der Waals surface area contributed by atoms with Gasteiger partial charge < -0.3 is 15.1 Å². The fourth-order valence-electron chi connectivity index (χ4n) is 2.97. The summed E-state index contributed by atoms with van der Waals surface area (Å²) in [7, 11) is 0. The lowest BCUT2D eigenvalue weighted by atomic mass is 10.1. The molecule has 2 heterocycles. The number of likely N-dealkylation sites (N-methyl/N-ethyl adjacent to an activating group) is 1. The Balaban J connectivity index is 1.63. The molecule has 5 heteroatoms. The van der Waals surface area contributed by atoms with E-state index in [0.717, 1.165) is 49.8 Å². The molecule has 1 fully saturated rings. The zero-order valence-corrected chi connectivity index (χ0v) is 14.3. The monoisotopic (exact) mass is 324 g/mol. The van der Waals surface area contributed by atoms with Crippen LogP contribution in [-0.2, 0) is 0 Å². The predicted molar refractivity (Wildman–Crippen MR) is 97.7 cm³/mol. The number of rotatable bonds is 4. The average Bonchev–Trinajstić information content (AvgIpc) is 2.63. The van der Waals surface area contributed by atoms with E-state index in [-0.39, 0.29) is 5.91 Å². The molecular formula is C19H24N4O. The molecule has 0 atom stereocenters. The average molecular weight is 324 g/mol. The van der Waals surface area contributed by atoms with E-state index in [9.17, 15) is 4.79 Å². The van der Waals surface area contributed by atoms with Crippen LogP contribution in [0.5, 0.6) is 0 Å². The molecule has 1 N–H and O–H groups in total. The zero-order valence-electron chi connectivity index (χ0n) is 14.3. The van der Waals surface area contributed by atoms with Gasteiger partial charge in [0.15, 0.2) is 0 Å². The number of benzene rings is 1. The molecule has 1 amide bonds. The second-order valence-corrected chi connectivity index (χ2v) is 6.10. The number of amides is 1. The summed E-state index contributed by atoms with van der Waals surface area (Å²) in [6, 6.07) is 11.5.